The minimum absolute atomic E-state index is 0.0570. The molecule has 0 bridgehead atoms. The van der Waals surface area contributed by atoms with Crippen LogP contribution in [0.2, 0.25) is 5.02 Å². The molecule has 0 unspecified atom stereocenters. The van der Waals surface area contributed by atoms with Crippen LogP contribution in [0.3, 0.4) is 0 Å². The number of ether oxygens (including phenoxy) is 1. The van der Waals surface area contributed by atoms with Gasteiger partial charge in [-0.2, -0.15) is 5.10 Å². The third-order valence-corrected chi connectivity index (χ3v) is 3.91. The molecule has 0 atom stereocenters. The van der Waals surface area contributed by atoms with Crippen molar-refractivity contribution in [2.24, 2.45) is 7.05 Å². The summed E-state index contributed by atoms with van der Waals surface area (Å²) in [6.07, 6.45) is 0.816. The maximum absolute atomic E-state index is 12.0. The fraction of sp³-hybridized carbons (Fsp3) is 0.375. The van der Waals surface area contributed by atoms with E-state index in [1.165, 1.54) is 0 Å². The molecule has 1 N–H and O–H groups in total. The Morgan fingerprint density at radius 3 is 2.73 bits per heavy atom. The van der Waals surface area contributed by atoms with Crippen LogP contribution in [0.4, 0.5) is 5.69 Å². The molecule has 0 saturated heterocycles. The Balaban J connectivity index is 1.98. The van der Waals surface area contributed by atoms with E-state index in [1.54, 1.807) is 16.8 Å². The zero-order chi connectivity index (χ0) is 16.3. The molecule has 6 heteroatoms. The first kappa shape index (κ1) is 16.4. The lowest BCUT2D eigenvalue weighted by Gasteiger charge is -2.09. The number of carbonyl (C=O) groups is 1. The third kappa shape index (κ3) is 3.60. The van der Waals surface area contributed by atoms with Gasteiger partial charge in [-0.25, -0.2) is 0 Å². The van der Waals surface area contributed by atoms with Gasteiger partial charge in [0.05, 0.1) is 17.1 Å². The van der Waals surface area contributed by atoms with Gasteiger partial charge in [0.2, 0.25) is 0 Å². The summed E-state index contributed by atoms with van der Waals surface area (Å²) in [6.45, 7) is 5.73. The summed E-state index contributed by atoms with van der Waals surface area (Å²) in [7, 11) is 1.84. The molecule has 2 rings (SSSR count). The molecule has 1 aromatic carbocycles. The minimum atomic E-state index is -0.216. The van der Waals surface area contributed by atoms with Gasteiger partial charge in [0.1, 0.15) is 5.75 Å². The van der Waals surface area contributed by atoms with Crippen molar-refractivity contribution < 1.29 is 9.53 Å². The molecular formula is C16H20ClN3O2. The van der Waals surface area contributed by atoms with Gasteiger partial charge >= 0.3 is 0 Å². The largest absolute Gasteiger partial charge is 0.484 e. The molecule has 22 heavy (non-hydrogen) atoms. The molecule has 0 aliphatic rings. The standard InChI is InChI=1S/C16H20ClN3O2/c1-5-12-8-13(6-7-14(12)17)22-9-15(21)18-16-10(2)19-20(4)11(16)3/h6-8H,5,9H2,1-4H3,(H,18,21). The summed E-state index contributed by atoms with van der Waals surface area (Å²) in [5.41, 5.74) is 3.43. The second kappa shape index (κ2) is 6.83. The van der Waals surface area contributed by atoms with E-state index in [0.29, 0.717) is 10.8 Å². The van der Waals surface area contributed by atoms with E-state index in [-0.39, 0.29) is 12.5 Å². The number of carbonyl (C=O) groups excluding carboxylic acids is 1. The summed E-state index contributed by atoms with van der Waals surface area (Å²) >= 11 is 6.06. The van der Waals surface area contributed by atoms with E-state index in [2.05, 4.69) is 10.4 Å². The number of hydrogen-bond donors (Lipinski definition) is 1. The van der Waals surface area contributed by atoms with E-state index in [0.717, 1.165) is 29.1 Å². The van der Waals surface area contributed by atoms with Gasteiger partial charge in [-0.15, -0.1) is 0 Å². The van der Waals surface area contributed by atoms with Crippen molar-refractivity contribution in [1.82, 2.24) is 9.78 Å². The summed E-state index contributed by atoms with van der Waals surface area (Å²) < 4.78 is 7.26. The lowest BCUT2D eigenvalue weighted by Crippen LogP contribution is -2.21. The average Bonchev–Trinajstić information content (AvgIpc) is 2.73. The average molecular weight is 322 g/mol. The quantitative estimate of drug-likeness (QED) is 0.919. The van der Waals surface area contributed by atoms with Gasteiger partial charge in [-0.05, 0) is 44.0 Å². The highest BCUT2D eigenvalue weighted by Crippen LogP contribution is 2.23. The molecule has 0 aliphatic heterocycles. The Morgan fingerprint density at radius 1 is 1.41 bits per heavy atom. The molecule has 5 nitrogen and oxygen atoms in total. The number of amides is 1. The second-order valence-electron chi connectivity index (χ2n) is 5.11. The molecule has 0 fully saturated rings. The lowest BCUT2D eigenvalue weighted by molar-refractivity contribution is -0.118. The fourth-order valence-corrected chi connectivity index (χ4v) is 2.44. The van der Waals surface area contributed by atoms with Crippen LogP contribution in [0, 0.1) is 13.8 Å². The number of benzene rings is 1. The van der Waals surface area contributed by atoms with Gasteiger partial charge in [0.15, 0.2) is 6.61 Å². The topological polar surface area (TPSA) is 56.1 Å². The highest BCUT2D eigenvalue weighted by molar-refractivity contribution is 6.31. The van der Waals surface area contributed by atoms with Crippen LogP contribution >= 0.6 is 11.6 Å². The number of aryl methyl sites for hydroxylation is 3. The monoisotopic (exact) mass is 321 g/mol. The number of halogens is 1. The Labute approximate surface area is 135 Å². The van der Waals surface area contributed by atoms with Gasteiger partial charge < -0.3 is 10.1 Å². The van der Waals surface area contributed by atoms with Crippen LogP contribution in [0.5, 0.6) is 5.75 Å². The molecule has 0 radical (unpaired) electrons. The van der Waals surface area contributed by atoms with Crippen molar-refractivity contribution in [3.8, 4) is 5.75 Å². The minimum Gasteiger partial charge on any atom is -0.484 e. The van der Waals surface area contributed by atoms with Crippen molar-refractivity contribution in [2.75, 3.05) is 11.9 Å². The summed E-state index contributed by atoms with van der Waals surface area (Å²) in [5, 5.41) is 7.81. The first-order chi connectivity index (χ1) is 10.4. The van der Waals surface area contributed by atoms with E-state index >= 15 is 0 Å². The van der Waals surface area contributed by atoms with Crippen molar-refractivity contribution in [2.45, 2.75) is 27.2 Å². The predicted molar refractivity (Wildman–Crippen MR) is 87.6 cm³/mol. The number of nitrogens with zero attached hydrogens (tertiary/aromatic N) is 2. The van der Waals surface area contributed by atoms with E-state index in [9.17, 15) is 4.79 Å². The fourth-order valence-electron chi connectivity index (χ4n) is 2.19. The van der Waals surface area contributed by atoms with Crippen LogP contribution in [0.25, 0.3) is 0 Å². The smallest absolute Gasteiger partial charge is 0.262 e. The van der Waals surface area contributed by atoms with Crippen LogP contribution in [-0.2, 0) is 18.3 Å². The van der Waals surface area contributed by atoms with Crippen molar-refractivity contribution >= 4 is 23.2 Å². The van der Waals surface area contributed by atoms with Gasteiger partial charge in [-0.3, -0.25) is 9.48 Å². The third-order valence-electron chi connectivity index (χ3n) is 3.54. The number of hydrogen-bond acceptors (Lipinski definition) is 3. The Kier molecular flexibility index (Phi) is 5.08. The van der Waals surface area contributed by atoms with Crippen LogP contribution in [-0.4, -0.2) is 22.3 Å². The molecule has 0 saturated carbocycles. The van der Waals surface area contributed by atoms with E-state index < -0.39 is 0 Å². The highest BCUT2D eigenvalue weighted by Gasteiger charge is 2.13. The lowest BCUT2D eigenvalue weighted by atomic mass is 10.1. The van der Waals surface area contributed by atoms with Crippen LogP contribution in [0.1, 0.15) is 23.9 Å². The first-order valence-corrected chi connectivity index (χ1v) is 7.51. The predicted octanol–water partition coefficient (Wildman–Crippen LogP) is 3.27. The number of nitrogens with one attached hydrogen (secondary N) is 1. The molecular weight excluding hydrogens is 302 g/mol. The summed E-state index contributed by atoms with van der Waals surface area (Å²) in [5.74, 6) is 0.420. The molecule has 0 aliphatic carbocycles. The first-order valence-electron chi connectivity index (χ1n) is 7.13. The highest BCUT2D eigenvalue weighted by atomic mass is 35.5. The molecule has 1 aromatic heterocycles. The number of aromatic nitrogens is 2. The Morgan fingerprint density at radius 2 is 2.14 bits per heavy atom. The van der Waals surface area contributed by atoms with Crippen LogP contribution < -0.4 is 10.1 Å². The van der Waals surface area contributed by atoms with Gasteiger partial charge in [-0.1, -0.05) is 18.5 Å². The number of anilines is 1. The number of rotatable bonds is 5. The van der Waals surface area contributed by atoms with Gasteiger partial charge in [0.25, 0.3) is 5.91 Å². The van der Waals surface area contributed by atoms with E-state index in [1.807, 2.05) is 33.9 Å². The van der Waals surface area contributed by atoms with Crippen molar-refractivity contribution in [1.29, 1.82) is 0 Å². The zero-order valence-corrected chi connectivity index (χ0v) is 14.0. The molecule has 118 valence electrons. The summed E-state index contributed by atoms with van der Waals surface area (Å²) in [6, 6.07) is 5.40. The van der Waals surface area contributed by atoms with Crippen LogP contribution in [0.15, 0.2) is 18.2 Å². The Hall–Kier alpha value is -2.01. The maximum Gasteiger partial charge on any atom is 0.262 e. The van der Waals surface area contributed by atoms with Crippen molar-refractivity contribution in [3.63, 3.8) is 0 Å². The molecule has 0 spiro atoms. The normalized spacial score (nSPS) is 10.6. The summed E-state index contributed by atoms with van der Waals surface area (Å²) in [4.78, 5) is 12.0. The SMILES string of the molecule is CCc1cc(OCC(=O)Nc2c(C)nn(C)c2C)ccc1Cl. The zero-order valence-electron chi connectivity index (χ0n) is 13.2. The Bertz CT molecular complexity index is 695. The van der Waals surface area contributed by atoms with E-state index in [4.69, 9.17) is 16.3 Å². The maximum atomic E-state index is 12.0. The molecule has 1 heterocycles. The van der Waals surface area contributed by atoms with Crippen molar-refractivity contribution in [3.05, 3.63) is 40.2 Å². The van der Waals surface area contributed by atoms with Gasteiger partial charge in [0, 0.05) is 12.1 Å². The second-order valence-corrected chi connectivity index (χ2v) is 5.52. The molecule has 2 aromatic rings. The molecule has 1 amide bonds.